The van der Waals surface area contributed by atoms with Gasteiger partial charge in [0, 0.05) is 12.6 Å². The summed E-state index contributed by atoms with van der Waals surface area (Å²) in [6.07, 6.45) is 1.21. The molecule has 0 bridgehead atoms. The van der Waals surface area contributed by atoms with E-state index in [-0.39, 0.29) is 11.7 Å². The van der Waals surface area contributed by atoms with Gasteiger partial charge in [-0.05, 0) is 28.4 Å². The third-order valence-corrected chi connectivity index (χ3v) is 4.85. The van der Waals surface area contributed by atoms with E-state index in [9.17, 15) is 4.79 Å². The second-order valence-electron chi connectivity index (χ2n) is 5.23. The summed E-state index contributed by atoms with van der Waals surface area (Å²) in [5, 5.41) is 4.44. The molecule has 0 amide bonds. The summed E-state index contributed by atoms with van der Waals surface area (Å²) < 4.78 is 8.35. The Morgan fingerprint density at radius 1 is 1.48 bits per heavy atom. The molecule has 1 unspecified atom stereocenters. The minimum atomic E-state index is -0.173. The number of rotatable bonds is 4. The van der Waals surface area contributed by atoms with Crippen molar-refractivity contribution < 1.29 is 9.53 Å². The maximum Gasteiger partial charge on any atom is 0.149 e. The van der Waals surface area contributed by atoms with Crippen LogP contribution in [0.2, 0.25) is 0 Å². The van der Waals surface area contributed by atoms with Crippen molar-refractivity contribution in [2.45, 2.75) is 25.7 Å². The van der Waals surface area contributed by atoms with Crippen LogP contribution in [0.15, 0.2) is 28.7 Å². The van der Waals surface area contributed by atoms with E-state index in [1.54, 1.807) is 4.68 Å². The maximum absolute atomic E-state index is 12.6. The number of ether oxygens (including phenoxy) is 1. The topological polar surface area (TPSA) is 44.1 Å². The van der Waals surface area contributed by atoms with Crippen molar-refractivity contribution >= 4 is 21.7 Å². The molecular weight excluding hydrogens is 332 g/mol. The largest absolute Gasteiger partial charge is 0.492 e. The second-order valence-corrected chi connectivity index (χ2v) is 6.02. The van der Waals surface area contributed by atoms with Crippen molar-refractivity contribution in [3.05, 3.63) is 45.7 Å². The van der Waals surface area contributed by atoms with Gasteiger partial charge in [-0.15, -0.1) is 0 Å². The Morgan fingerprint density at radius 2 is 2.24 bits per heavy atom. The number of Topliss-reactive ketones (excluding diaryl/α,β-unsaturated/α-hetero) is 1. The zero-order valence-corrected chi connectivity index (χ0v) is 13.7. The molecule has 1 aliphatic rings. The molecule has 0 saturated carbocycles. The molecule has 0 radical (unpaired) electrons. The molecule has 1 aromatic carbocycles. The lowest BCUT2D eigenvalue weighted by Crippen LogP contribution is -2.18. The number of aromatic nitrogens is 2. The summed E-state index contributed by atoms with van der Waals surface area (Å²) in [6, 6.07) is 7.76. The average molecular weight is 349 g/mol. The summed E-state index contributed by atoms with van der Waals surface area (Å²) in [5.74, 6) is 0.827. The first-order valence-corrected chi connectivity index (χ1v) is 7.85. The van der Waals surface area contributed by atoms with Crippen LogP contribution in [0.1, 0.15) is 29.8 Å². The summed E-state index contributed by atoms with van der Waals surface area (Å²) in [4.78, 5) is 12.6. The zero-order chi connectivity index (χ0) is 15.0. The van der Waals surface area contributed by atoms with E-state index in [4.69, 9.17) is 4.74 Å². The van der Waals surface area contributed by atoms with Crippen LogP contribution >= 0.6 is 15.9 Å². The number of halogens is 1. The van der Waals surface area contributed by atoms with Crippen LogP contribution < -0.4 is 4.74 Å². The van der Waals surface area contributed by atoms with Crippen molar-refractivity contribution in [3.63, 3.8) is 0 Å². The highest BCUT2D eigenvalue weighted by molar-refractivity contribution is 9.10. The van der Waals surface area contributed by atoms with Gasteiger partial charge in [0.2, 0.25) is 0 Å². The quantitative estimate of drug-likeness (QED) is 0.852. The number of hydrogen-bond donors (Lipinski definition) is 0. The zero-order valence-electron chi connectivity index (χ0n) is 12.1. The van der Waals surface area contributed by atoms with Gasteiger partial charge in [0.1, 0.15) is 18.1 Å². The lowest BCUT2D eigenvalue weighted by molar-refractivity contribution is -0.120. The van der Waals surface area contributed by atoms with Gasteiger partial charge in [-0.3, -0.25) is 9.48 Å². The first-order valence-electron chi connectivity index (χ1n) is 7.06. The Bertz CT molecular complexity index is 694. The van der Waals surface area contributed by atoms with E-state index < -0.39 is 0 Å². The Morgan fingerprint density at radius 3 is 2.95 bits per heavy atom. The molecule has 0 spiro atoms. The molecule has 1 aromatic heterocycles. The van der Waals surface area contributed by atoms with Crippen LogP contribution in [0.3, 0.4) is 0 Å². The number of benzene rings is 1. The minimum Gasteiger partial charge on any atom is -0.492 e. The number of carbonyl (C=O) groups excluding carboxylic acids is 1. The minimum absolute atomic E-state index is 0.173. The summed E-state index contributed by atoms with van der Waals surface area (Å²) >= 11 is 3.56. The lowest BCUT2D eigenvalue weighted by atomic mass is 9.94. The normalized spacial score (nSPS) is 16.6. The van der Waals surface area contributed by atoms with Crippen LogP contribution in [-0.4, -0.2) is 22.2 Å². The molecule has 1 atom stereocenters. The van der Waals surface area contributed by atoms with Gasteiger partial charge < -0.3 is 4.74 Å². The smallest absolute Gasteiger partial charge is 0.149 e. The van der Waals surface area contributed by atoms with Gasteiger partial charge in [-0.25, -0.2) is 0 Å². The highest BCUT2D eigenvalue weighted by atomic mass is 79.9. The van der Waals surface area contributed by atoms with Crippen molar-refractivity contribution in [2.75, 3.05) is 6.61 Å². The van der Waals surface area contributed by atoms with Crippen LogP contribution in [0.4, 0.5) is 0 Å². The van der Waals surface area contributed by atoms with E-state index >= 15 is 0 Å². The third kappa shape index (κ3) is 2.50. The number of nitrogens with zero attached hydrogens (tertiary/aromatic N) is 2. The van der Waals surface area contributed by atoms with E-state index in [0.717, 1.165) is 33.6 Å². The Labute approximate surface area is 132 Å². The molecule has 0 fully saturated rings. The highest BCUT2D eigenvalue weighted by Gasteiger charge is 2.31. The van der Waals surface area contributed by atoms with Gasteiger partial charge in [-0.2, -0.15) is 5.10 Å². The van der Waals surface area contributed by atoms with Crippen LogP contribution in [0, 0.1) is 0 Å². The third-order valence-electron chi connectivity index (χ3n) is 3.93. The van der Waals surface area contributed by atoms with E-state index in [0.29, 0.717) is 13.0 Å². The van der Waals surface area contributed by atoms with E-state index in [1.807, 2.05) is 31.3 Å². The molecule has 2 heterocycles. The molecule has 21 heavy (non-hydrogen) atoms. The molecule has 4 nitrogen and oxygen atoms in total. The van der Waals surface area contributed by atoms with Crippen molar-refractivity contribution in [2.24, 2.45) is 7.05 Å². The van der Waals surface area contributed by atoms with E-state index in [2.05, 4.69) is 28.0 Å². The molecule has 0 aliphatic carbocycles. The predicted octanol–water partition coefficient (Wildman–Crippen LogP) is 3.03. The summed E-state index contributed by atoms with van der Waals surface area (Å²) in [5.41, 5.74) is 2.92. The maximum atomic E-state index is 12.6. The molecule has 5 heteroatoms. The number of fused-ring (bicyclic) bond motifs is 1. The molecular formula is C16H17BrN2O2. The van der Waals surface area contributed by atoms with Crippen molar-refractivity contribution in [1.82, 2.24) is 9.78 Å². The second kappa shape index (κ2) is 5.64. The van der Waals surface area contributed by atoms with Crippen molar-refractivity contribution in [3.8, 4) is 5.75 Å². The van der Waals surface area contributed by atoms with Gasteiger partial charge >= 0.3 is 0 Å². The molecule has 0 saturated heterocycles. The fourth-order valence-electron chi connectivity index (χ4n) is 2.73. The Hall–Kier alpha value is -1.62. The monoisotopic (exact) mass is 348 g/mol. The molecule has 1 aliphatic heterocycles. The average Bonchev–Trinajstić information content (AvgIpc) is 3.03. The molecule has 3 rings (SSSR count). The van der Waals surface area contributed by atoms with E-state index in [1.165, 1.54) is 0 Å². The Balaban J connectivity index is 1.84. The first-order chi connectivity index (χ1) is 10.1. The molecule has 110 valence electrons. The van der Waals surface area contributed by atoms with Crippen molar-refractivity contribution in [1.29, 1.82) is 0 Å². The summed E-state index contributed by atoms with van der Waals surface area (Å²) in [7, 11) is 1.88. The molecule has 0 N–H and O–H groups in total. The van der Waals surface area contributed by atoms with Gasteiger partial charge in [0.15, 0.2) is 0 Å². The SMILES string of the molecule is CCc1nn(C)c(CC(=O)C2COc3ccccc32)c1Br. The van der Waals surface area contributed by atoms with Crippen LogP contribution in [0.25, 0.3) is 0 Å². The summed E-state index contributed by atoms with van der Waals surface area (Å²) in [6.45, 7) is 2.49. The number of aryl methyl sites for hydroxylation is 2. The number of hydrogen-bond acceptors (Lipinski definition) is 3. The fraction of sp³-hybridized carbons (Fsp3) is 0.375. The number of para-hydroxylation sites is 1. The Kier molecular flexibility index (Phi) is 3.85. The highest BCUT2D eigenvalue weighted by Crippen LogP contribution is 2.35. The van der Waals surface area contributed by atoms with Gasteiger partial charge in [-0.1, -0.05) is 25.1 Å². The molecule has 2 aromatic rings. The van der Waals surface area contributed by atoms with Gasteiger partial charge in [0.25, 0.3) is 0 Å². The first kappa shape index (κ1) is 14.3. The number of carbonyl (C=O) groups is 1. The van der Waals surface area contributed by atoms with Crippen LogP contribution in [0.5, 0.6) is 5.75 Å². The van der Waals surface area contributed by atoms with Gasteiger partial charge in [0.05, 0.1) is 28.2 Å². The predicted molar refractivity (Wildman–Crippen MR) is 83.7 cm³/mol. The lowest BCUT2D eigenvalue weighted by Gasteiger charge is -2.08. The standard InChI is InChI=1S/C16H17BrN2O2/c1-3-12-16(17)13(19(2)18-12)8-14(20)11-9-21-15-7-5-4-6-10(11)15/h4-7,11H,3,8-9H2,1-2H3. The van der Waals surface area contributed by atoms with Crippen LogP contribution in [-0.2, 0) is 24.7 Å². The number of ketones is 1. The fourth-order valence-corrected chi connectivity index (χ4v) is 3.49.